The van der Waals surface area contributed by atoms with Crippen LogP contribution in [0.1, 0.15) is 40.5 Å². The van der Waals surface area contributed by atoms with E-state index in [1.807, 2.05) is 0 Å². The summed E-state index contributed by atoms with van der Waals surface area (Å²) in [6.45, 7) is 12.2. The molecular formula is C13H25N3. The van der Waals surface area contributed by atoms with Crippen molar-refractivity contribution in [2.75, 3.05) is 19.6 Å². The highest BCUT2D eigenvalue weighted by Crippen LogP contribution is 2.16. The van der Waals surface area contributed by atoms with Gasteiger partial charge in [0.25, 0.3) is 0 Å². The predicted molar refractivity (Wildman–Crippen MR) is 67.1 cm³/mol. The Morgan fingerprint density at radius 1 is 1.50 bits per heavy atom. The van der Waals surface area contributed by atoms with Gasteiger partial charge in [0.1, 0.15) is 0 Å². The quantitative estimate of drug-likeness (QED) is 0.792. The lowest BCUT2D eigenvalue weighted by molar-refractivity contribution is 0.114. The summed E-state index contributed by atoms with van der Waals surface area (Å²) in [5.41, 5.74) is 0.136. The van der Waals surface area contributed by atoms with E-state index in [1.165, 1.54) is 6.42 Å². The Morgan fingerprint density at radius 2 is 2.19 bits per heavy atom. The SMILES string of the molecule is CC(C)CCN1CC(CC#N)NC(C)(C)C1. The maximum Gasteiger partial charge on any atom is 0.0638 e. The second-order valence-electron chi connectivity index (χ2n) is 6.01. The number of nitrogens with one attached hydrogen (secondary N) is 1. The molecule has 0 aromatic rings. The highest BCUT2D eigenvalue weighted by atomic mass is 15.2. The number of nitriles is 1. The molecule has 0 aromatic carbocycles. The lowest BCUT2D eigenvalue weighted by Crippen LogP contribution is -2.61. The van der Waals surface area contributed by atoms with Crippen LogP contribution in [0.2, 0.25) is 0 Å². The van der Waals surface area contributed by atoms with E-state index in [2.05, 4.69) is 44.0 Å². The number of piperazine rings is 1. The van der Waals surface area contributed by atoms with Crippen LogP contribution in [0, 0.1) is 17.2 Å². The van der Waals surface area contributed by atoms with Crippen molar-refractivity contribution in [2.45, 2.75) is 52.1 Å². The van der Waals surface area contributed by atoms with E-state index in [0.717, 1.165) is 25.6 Å². The summed E-state index contributed by atoms with van der Waals surface area (Å²) in [5.74, 6) is 0.757. The van der Waals surface area contributed by atoms with Gasteiger partial charge < -0.3 is 5.32 Å². The van der Waals surface area contributed by atoms with E-state index in [1.54, 1.807) is 0 Å². The van der Waals surface area contributed by atoms with Crippen LogP contribution in [-0.2, 0) is 0 Å². The minimum absolute atomic E-state index is 0.136. The topological polar surface area (TPSA) is 39.1 Å². The van der Waals surface area contributed by atoms with Crippen molar-refractivity contribution >= 4 is 0 Å². The summed E-state index contributed by atoms with van der Waals surface area (Å²) in [6.07, 6.45) is 1.86. The van der Waals surface area contributed by atoms with E-state index in [0.29, 0.717) is 12.5 Å². The summed E-state index contributed by atoms with van der Waals surface area (Å²) < 4.78 is 0. The summed E-state index contributed by atoms with van der Waals surface area (Å²) in [6, 6.07) is 2.61. The molecular weight excluding hydrogens is 198 g/mol. The summed E-state index contributed by atoms with van der Waals surface area (Å²) in [7, 11) is 0. The molecule has 1 aliphatic rings. The smallest absolute Gasteiger partial charge is 0.0638 e. The number of rotatable bonds is 4. The molecule has 0 bridgehead atoms. The zero-order valence-electron chi connectivity index (χ0n) is 11.1. The molecule has 1 aliphatic heterocycles. The fourth-order valence-electron chi connectivity index (χ4n) is 2.42. The van der Waals surface area contributed by atoms with Crippen molar-refractivity contribution in [2.24, 2.45) is 5.92 Å². The van der Waals surface area contributed by atoms with Crippen molar-refractivity contribution in [1.29, 1.82) is 5.26 Å². The molecule has 1 N–H and O–H groups in total. The fourth-order valence-corrected chi connectivity index (χ4v) is 2.42. The van der Waals surface area contributed by atoms with E-state index in [4.69, 9.17) is 5.26 Å². The predicted octanol–water partition coefficient (Wildman–Crippen LogP) is 2.00. The van der Waals surface area contributed by atoms with Crippen LogP contribution in [-0.4, -0.2) is 36.1 Å². The van der Waals surface area contributed by atoms with Gasteiger partial charge in [-0.1, -0.05) is 13.8 Å². The lowest BCUT2D eigenvalue weighted by Gasteiger charge is -2.43. The summed E-state index contributed by atoms with van der Waals surface area (Å²) >= 11 is 0. The molecule has 1 unspecified atom stereocenters. The number of nitrogens with zero attached hydrogens (tertiary/aromatic N) is 2. The normalized spacial score (nSPS) is 25.6. The largest absolute Gasteiger partial charge is 0.305 e. The standard InChI is InChI=1S/C13H25N3/c1-11(2)6-8-16-9-12(5-7-14)15-13(3,4)10-16/h11-12,15H,5-6,8-10H2,1-4H3. The Balaban J connectivity index is 2.48. The molecule has 0 aliphatic carbocycles. The summed E-state index contributed by atoms with van der Waals surface area (Å²) in [5, 5.41) is 12.3. The Hall–Kier alpha value is -0.590. The molecule has 1 rings (SSSR count). The summed E-state index contributed by atoms with van der Waals surface area (Å²) in [4.78, 5) is 2.50. The second-order valence-corrected chi connectivity index (χ2v) is 6.01. The van der Waals surface area contributed by atoms with Gasteiger partial charge >= 0.3 is 0 Å². The van der Waals surface area contributed by atoms with Crippen molar-refractivity contribution in [1.82, 2.24) is 10.2 Å². The molecule has 3 heteroatoms. The average Bonchev–Trinajstić information content (AvgIpc) is 2.12. The minimum Gasteiger partial charge on any atom is -0.305 e. The molecule has 1 saturated heterocycles. The average molecular weight is 223 g/mol. The van der Waals surface area contributed by atoms with Gasteiger partial charge in [-0.3, -0.25) is 4.90 Å². The van der Waals surface area contributed by atoms with E-state index < -0.39 is 0 Å². The highest BCUT2D eigenvalue weighted by molar-refractivity contribution is 4.95. The van der Waals surface area contributed by atoms with Crippen molar-refractivity contribution in [3.8, 4) is 6.07 Å². The molecule has 0 aromatic heterocycles. The third-order valence-corrected chi connectivity index (χ3v) is 3.05. The van der Waals surface area contributed by atoms with E-state index in [9.17, 15) is 0 Å². The zero-order chi connectivity index (χ0) is 12.2. The Kier molecular flexibility index (Phi) is 4.76. The highest BCUT2D eigenvalue weighted by Gasteiger charge is 2.31. The molecule has 1 atom stereocenters. The zero-order valence-corrected chi connectivity index (χ0v) is 11.1. The second kappa shape index (κ2) is 5.65. The molecule has 0 saturated carbocycles. The van der Waals surface area contributed by atoms with Crippen molar-refractivity contribution < 1.29 is 0 Å². The van der Waals surface area contributed by atoms with E-state index >= 15 is 0 Å². The number of hydrogen-bond donors (Lipinski definition) is 1. The Labute approximate surface area is 99.8 Å². The van der Waals surface area contributed by atoms with Crippen LogP contribution in [0.25, 0.3) is 0 Å². The van der Waals surface area contributed by atoms with Gasteiger partial charge in [0, 0.05) is 24.7 Å². The molecule has 16 heavy (non-hydrogen) atoms. The minimum atomic E-state index is 0.136. The van der Waals surface area contributed by atoms with Crippen molar-refractivity contribution in [3.63, 3.8) is 0 Å². The van der Waals surface area contributed by atoms with Gasteiger partial charge in [0.15, 0.2) is 0 Å². The van der Waals surface area contributed by atoms with Crippen LogP contribution in [0.4, 0.5) is 0 Å². The number of hydrogen-bond acceptors (Lipinski definition) is 3. The van der Waals surface area contributed by atoms with Gasteiger partial charge in [-0.2, -0.15) is 5.26 Å². The molecule has 0 spiro atoms. The van der Waals surface area contributed by atoms with E-state index in [-0.39, 0.29) is 5.54 Å². The van der Waals surface area contributed by atoms with Crippen LogP contribution < -0.4 is 5.32 Å². The monoisotopic (exact) mass is 223 g/mol. The van der Waals surface area contributed by atoms with Gasteiger partial charge in [0.2, 0.25) is 0 Å². The lowest BCUT2D eigenvalue weighted by atomic mass is 9.96. The molecule has 1 heterocycles. The third-order valence-electron chi connectivity index (χ3n) is 3.05. The van der Waals surface area contributed by atoms with Crippen LogP contribution in [0.5, 0.6) is 0 Å². The molecule has 0 radical (unpaired) electrons. The first-order valence-electron chi connectivity index (χ1n) is 6.30. The first kappa shape index (κ1) is 13.5. The van der Waals surface area contributed by atoms with Gasteiger partial charge in [-0.15, -0.1) is 0 Å². The molecule has 3 nitrogen and oxygen atoms in total. The van der Waals surface area contributed by atoms with Crippen LogP contribution >= 0.6 is 0 Å². The third kappa shape index (κ3) is 4.51. The van der Waals surface area contributed by atoms with Gasteiger partial charge in [0.05, 0.1) is 12.5 Å². The first-order chi connectivity index (χ1) is 7.43. The Morgan fingerprint density at radius 3 is 2.75 bits per heavy atom. The first-order valence-corrected chi connectivity index (χ1v) is 6.30. The van der Waals surface area contributed by atoms with Crippen LogP contribution in [0.15, 0.2) is 0 Å². The van der Waals surface area contributed by atoms with Gasteiger partial charge in [-0.25, -0.2) is 0 Å². The molecule has 92 valence electrons. The molecule has 1 fully saturated rings. The Bertz CT molecular complexity index is 252. The van der Waals surface area contributed by atoms with Crippen LogP contribution in [0.3, 0.4) is 0 Å². The van der Waals surface area contributed by atoms with Gasteiger partial charge in [-0.05, 0) is 32.7 Å². The van der Waals surface area contributed by atoms with Crippen molar-refractivity contribution in [3.05, 3.63) is 0 Å². The fraction of sp³-hybridized carbons (Fsp3) is 0.923. The molecule has 0 amide bonds. The maximum absolute atomic E-state index is 8.78. The maximum atomic E-state index is 8.78.